The SMILES string of the molecule is CN(C)CCCN1c2cscc2Sc2ccc(Cl)cc21. The first kappa shape index (κ1) is 14.3. The van der Waals surface area contributed by atoms with E-state index in [1.54, 1.807) is 11.3 Å². The minimum absolute atomic E-state index is 0.806. The molecule has 0 N–H and O–H groups in total. The van der Waals surface area contributed by atoms with Crippen molar-refractivity contribution in [1.29, 1.82) is 0 Å². The average molecular weight is 325 g/mol. The summed E-state index contributed by atoms with van der Waals surface area (Å²) in [6.45, 7) is 2.12. The van der Waals surface area contributed by atoms with Gasteiger partial charge in [-0.25, -0.2) is 0 Å². The van der Waals surface area contributed by atoms with E-state index in [1.165, 1.54) is 21.2 Å². The highest BCUT2D eigenvalue weighted by Gasteiger charge is 2.24. The van der Waals surface area contributed by atoms with Crippen LogP contribution in [0.4, 0.5) is 11.4 Å². The molecule has 1 aromatic heterocycles. The molecular weight excluding hydrogens is 308 g/mol. The van der Waals surface area contributed by atoms with Crippen LogP contribution in [0.1, 0.15) is 6.42 Å². The standard InChI is InChI=1S/C15H17ClN2S2/c1-17(2)6-3-7-18-12-8-11(16)4-5-14(12)20-15-10-19-9-13(15)18/h4-5,8-10H,3,6-7H2,1-2H3. The van der Waals surface area contributed by atoms with Crippen molar-refractivity contribution in [2.45, 2.75) is 16.2 Å². The number of anilines is 2. The predicted molar refractivity (Wildman–Crippen MR) is 90.1 cm³/mol. The first-order chi connectivity index (χ1) is 9.65. The minimum Gasteiger partial charge on any atom is -0.339 e. The molecule has 2 nitrogen and oxygen atoms in total. The number of halogens is 1. The summed E-state index contributed by atoms with van der Waals surface area (Å²) >= 11 is 9.79. The summed E-state index contributed by atoms with van der Waals surface area (Å²) in [4.78, 5) is 7.29. The second-order valence-electron chi connectivity index (χ2n) is 5.14. The second kappa shape index (κ2) is 5.98. The molecule has 0 saturated heterocycles. The van der Waals surface area contributed by atoms with Crippen molar-refractivity contribution in [1.82, 2.24) is 4.90 Å². The molecule has 1 aromatic carbocycles. The number of nitrogens with zero attached hydrogens (tertiary/aromatic N) is 2. The normalized spacial score (nSPS) is 13.5. The third kappa shape index (κ3) is 2.84. The first-order valence-electron chi connectivity index (χ1n) is 6.61. The van der Waals surface area contributed by atoms with Crippen LogP contribution in [0.25, 0.3) is 0 Å². The zero-order valence-electron chi connectivity index (χ0n) is 11.6. The zero-order valence-corrected chi connectivity index (χ0v) is 14.0. The zero-order chi connectivity index (χ0) is 14.1. The molecule has 20 heavy (non-hydrogen) atoms. The van der Waals surface area contributed by atoms with E-state index in [4.69, 9.17) is 11.6 Å². The molecule has 0 amide bonds. The van der Waals surface area contributed by atoms with Crippen LogP contribution in [0.2, 0.25) is 5.02 Å². The molecule has 3 rings (SSSR count). The fraction of sp³-hybridized carbons (Fsp3) is 0.333. The summed E-state index contributed by atoms with van der Waals surface area (Å²) in [6, 6.07) is 6.19. The summed E-state index contributed by atoms with van der Waals surface area (Å²) in [7, 11) is 4.24. The summed E-state index contributed by atoms with van der Waals surface area (Å²) in [6.07, 6.45) is 1.14. The van der Waals surface area contributed by atoms with E-state index < -0.39 is 0 Å². The summed E-state index contributed by atoms with van der Waals surface area (Å²) < 4.78 is 0. The Morgan fingerprint density at radius 2 is 2.00 bits per heavy atom. The molecule has 1 aliphatic heterocycles. The van der Waals surface area contributed by atoms with E-state index in [-0.39, 0.29) is 0 Å². The van der Waals surface area contributed by atoms with Crippen molar-refractivity contribution in [2.75, 3.05) is 32.1 Å². The van der Waals surface area contributed by atoms with Gasteiger partial charge in [0, 0.05) is 32.1 Å². The maximum atomic E-state index is 6.19. The predicted octanol–water partition coefficient (Wildman–Crippen LogP) is 4.96. The fourth-order valence-electron chi connectivity index (χ4n) is 2.37. The lowest BCUT2D eigenvalue weighted by atomic mass is 10.2. The Labute approximate surface area is 133 Å². The Morgan fingerprint density at radius 1 is 1.15 bits per heavy atom. The van der Waals surface area contributed by atoms with Crippen molar-refractivity contribution >= 4 is 46.1 Å². The number of rotatable bonds is 4. The molecule has 0 saturated carbocycles. The van der Waals surface area contributed by atoms with Crippen molar-refractivity contribution in [2.24, 2.45) is 0 Å². The third-order valence-electron chi connectivity index (χ3n) is 3.32. The number of benzene rings is 1. The molecule has 0 aliphatic carbocycles. The maximum Gasteiger partial charge on any atom is 0.0661 e. The Hall–Kier alpha value is -0.680. The van der Waals surface area contributed by atoms with E-state index in [2.05, 4.69) is 46.8 Å². The minimum atomic E-state index is 0.806. The lowest BCUT2D eigenvalue weighted by Gasteiger charge is -2.31. The lowest BCUT2D eigenvalue weighted by molar-refractivity contribution is 0.402. The van der Waals surface area contributed by atoms with E-state index >= 15 is 0 Å². The van der Waals surface area contributed by atoms with Crippen LogP contribution in [0.3, 0.4) is 0 Å². The molecule has 5 heteroatoms. The smallest absolute Gasteiger partial charge is 0.0661 e. The quantitative estimate of drug-likeness (QED) is 0.785. The third-order valence-corrected chi connectivity index (χ3v) is 5.54. The van der Waals surface area contributed by atoms with Crippen LogP contribution in [0, 0.1) is 0 Å². The highest BCUT2D eigenvalue weighted by atomic mass is 35.5. The van der Waals surface area contributed by atoms with Crippen LogP contribution in [-0.2, 0) is 0 Å². The van der Waals surface area contributed by atoms with Gasteiger partial charge < -0.3 is 9.80 Å². The molecule has 0 unspecified atom stereocenters. The van der Waals surface area contributed by atoms with Crippen molar-refractivity contribution in [3.8, 4) is 0 Å². The van der Waals surface area contributed by atoms with Gasteiger partial charge in [-0.2, -0.15) is 0 Å². The molecule has 2 aromatic rings. The average Bonchev–Trinajstić information content (AvgIpc) is 2.86. The summed E-state index contributed by atoms with van der Waals surface area (Å²) in [5, 5.41) is 5.28. The molecule has 0 spiro atoms. The van der Waals surface area contributed by atoms with Gasteiger partial charge in [-0.15, -0.1) is 11.3 Å². The van der Waals surface area contributed by atoms with E-state index in [0.29, 0.717) is 0 Å². The van der Waals surface area contributed by atoms with E-state index in [9.17, 15) is 0 Å². The number of thiophene rings is 1. The maximum absolute atomic E-state index is 6.19. The van der Waals surface area contributed by atoms with Gasteiger partial charge >= 0.3 is 0 Å². The highest BCUT2D eigenvalue weighted by Crippen LogP contribution is 2.50. The van der Waals surface area contributed by atoms with Crippen LogP contribution in [-0.4, -0.2) is 32.1 Å². The van der Waals surface area contributed by atoms with Crippen LogP contribution in [0.5, 0.6) is 0 Å². The summed E-state index contributed by atoms with van der Waals surface area (Å²) in [5.41, 5.74) is 2.57. The van der Waals surface area contributed by atoms with E-state index in [0.717, 1.165) is 24.5 Å². The topological polar surface area (TPSA) is 6.48 Å². The van der Waals surface area contributed by atoms with Crippen molar-refractivity contribution in [3.63, 3.8) is 0 Å². The molecule has 2 heterocycles. The van der Waals surface area contributed by atoms with Crippen LogP contribution >= 0.6 is 34.7 Å². The number of fused-ring (bicyclic) bond motifs is 2. The first-order valence-corrected chi connectivity index (χ1v) is 8.75. The van der Waals surface area contributed by atoms with E-state index in [1.807, 2.05) is 17.8 Å². The Morgan fingerprint density at radius 3 is 2.80 bits per heavy atom. The van der Waals surface area contributed by atoms with Gasteiger partial charge in [-0.1, -0.05) is 23.4 Å². The second-order valence-corrected chi connectivity index (χ2v) is 7.41. The lowest BCUT2D eigenvalue weighted by Crippen LogP contribution is -2.24. The van der Waals surface area contributed by atoms with Gasteiger partial charge in [0.25, 0.3) is 0 Å². The summed E-state index contributed by atoms with van der Waals surface area (Å²) in [5.74, 6) is 0. The molecule has 1 aliphatic rings. The molecule has 106 valence electrons. The Kier molecular flexibility index (Phi) is 4.26. The van der Waals surface area contributed by atoms with Crippen molar-refractivity contribution in [3.05, 3.63) is 34.0 Å². The molecule has 0 fully saturated rings. The highest BCUT2D eigenvalue weighted by molar-refractivity contribution is 7.99. The van der Waals surface area contributed by atoms with Gasteiger partial charge in [0.2, 0.25) is 0 Å². The molecule has 0 radical (unpaired) electrons. The van der Waals surface area contributed by atoms with Crippen LogP contribution < -0.4 is 4.90 Å². The van der Waals surface area contributed by atoms with Crippen LogP contribution in [0.15, 0.2) is 38.8 Å². The molecular formula is C15H17ClN2S2. The number of hydrogen-bond donors (Lipinski definition) is 0. The monoisotopic (exact) mass is 324 g/mol. The Balaban J connectivity index is 1.90. The van der Waals surface area contributed by atoms with Gasteiger partial charge in [0.1, 0.15) is 0 Å². The van der Waals surface area contributed by atoms with Gasteiger partial charge in [-0.3, -0.25) is 0 Å². The Bertz CT molecular complexity index is 610. The number of hydrogen-bond acceptors (Lipinski definition) is 4. The largest absolute Gasteiger partial charge is 0.339 e. The fourth-order valence-corrected chi connectivity index (χ4v) is 4.59. The molecule has 0 atom stereocenters. The van der Waals surface area contributed by atoms with Gasteiger partial charge in [0.15, 0.2) is 0 Å². The van der Waals surface area contributed by atoms with Gasteiger partial charge in [0.05, 0.1) is 11.4 Å². The van der Waals surface area contributed by atoms with Crippen molar-refractivity contribution < 1.29 is 0 Å². The van der Waals surface area contributed by atoms with Gasteiger partial charge in [-0.05, 0) is 45.3 Å². The molecule has 0 bridgehead atoms.